The number of ether oxygens (including phenoxy) is 1. The molecule has 2 atom stereocenters. The van der Waals surface area contributed by atoms with E-state index in [4.69, 9.17) is 4.74 Å². The van der Waals surface area contributed by atoms with Crippen LogP contribution < -0.4 is 4.74 Å². The molecule has 0 spiro atoms. The summed E-state index contributed by atoms with van der Waals surface area (Å²) in [5.41, 5.74) is 14.9. The first kappa shape index (κ1) is 49.9. The second-order valence-electron chi connectivity index (χ2n) is 18.4. The first-order valence-electron chi connectivity index (χ1n) is 23.9. The maximum absolute atomic E-state index is 6.83. The van der Waals surface area contributed by atoms with E-state index in [1.807, 2.05) is 91.3 Å². The molecule has 4 aromatic heterocycles. The monoisotopic (exact) mass is 1290 g/mol. The predicted molar refractivity (Wildman–Crippen MR) is 278 cm³/mol. The second-order valence-corrected chi connectivity index (χ2v) is 18.4. The maximum Gasteiger partial charge on any atom is 3.00 e. The maximum atomic E-state index is 6.83. The minimum absolute atomic E-state index is 0. The summed E-state index contributed by atoms with van der Waals surface area (Å²) in [6.45, 7) is 4.93. The molecule has 0 radical (unpaired) electrons. The summed E-state index contributed by atoms with van der Waals surface area (Å²) in [6.07, 6.45) is 13.8. The Balaban J connectivity index is 0.00000320. The van der Waals surface area contributed by atoms with Crippen molar-refractivity contribution in [2.75, 3.05) is 0 Å². The van der Waals surface area contributed by atoms with Gasteiger partial charge in [-0.1, -0.05) is 124 Å². The fraction of sp³-hybridized carbons (Fsp3) is 0.141. The summed E-state index contributed by atoms with van der Waals surface area (Å²) < 4.78 is 6.83. The van der Waals surface area contributed by atoms with Crippen LogP contribution >= 0.6 is 0 Å². The molecule has 0 amide bonds. The second kappa shape index (κ2) is 22.2. The van der Waals surface area contributed by atoms with Crippen LogP contribution in [0.1, 0.15) is 55.4 Å². The number of pyridine rings is 3. The van der Waals surface area contributed by atoms with Crippen molar-refractivity contribution in [1.29, 1.82) is 0 Å². The van der Waals surface area contributed by atoms with Crippen molar-refractivity contribution < 1.29 is 45.9 Å². The van der Waals surface area contributed by atoms with E-state index in [1.54, 1.807) is 24.7 Å². The average molecular weight is 1290 g/mol. The van der Waals surface area contributed by atoms with E-state index in [9.17, 15) is 0 Å². The summed E-state index contributed by atoms with van der Waals surface area (Å²) in [6, 6.07) is 74.1. The van der Waals surface area contributed by atoms with Crippen molar-refractivity contribution in [2.24, 2.45) is 0 Å². The molecule has 4 heterocycles. The molecule has 0 aliphatic heterocycles. The number of hydrogen-bond donors (Lipinski definition) is 0. The molecule has 354 valence electrons. The molecular weight excluding hydrogens is 1240 g/mol. The largest absolute Gasteiger partial charge is 3.00 e. The van der Waals surface area contributed by atoms with E-state index >= 15 is 0 Å². The zero-order chi connectivity index (χ0) is 47.3. The van der Waals surface area contributed by atoms with Crippen LogP contribution in [0.2, 0.25) is 0 Å². The molecule has 72 heavy (non-hydrogen) atoms. The number of benzene rings is 6. The number of nitrogens with zero attached hydrogens (tertiary/aromatic N) is 5. The summed E-state index contributed by atoms with van der Waals surface area (Å²) >= 11 is 0. The van der Waals surface area contributed by atoms with E-state index in [2.05, 4.69) is 148 Å². The zero-order valence-corrected chi connectivity index (χ0v) is 44.5. The Bertz CT molecular complexity index is 3400. The third-order valence-corrected chi connectivity index (χ3v) is 14.2. The first-order chi connectivity index (χ1) is 34.4. The summed E-state index contributed by atoms with van der Waals surface area (Å²) in [5, 5.41) is 0. The SMILES string of the molecule is CC1(c2c[c-]c(-c3ccccn3)cc2)CCCC1(C)c1cc(CCc2c[c-]c(-c3ccccn3)cc2)cc(-c2ccccc2-c2c[c-]c(-c3ncccn3)[c-]c2Oc2[c-]c(-c3ccccn3)ccc2)c1.[Ir+3].[Pt+2]. The molecule has 1 aliphatic carbocycles. The Kier molecular flexibility index (Phi) is 15.4. The quantitative estimate of drug-likeness (QED) is 0.107. The van der Waals surface area contributed by atoms with Crippen molar-refractivity contribution in [2.45, 2.75) is 56.8 Å². The number of aryl methyl sites for hydroxylation is 2. The van der Waals surface area contributed by atoms with Crippen LogP contribution in [0, 0.1) is 30.3 Å². The molecule has 0 N–H and O–H groups in total. The van der Waals surface area contributed by atoms with Gasteiger partial charge in [-0.15, -0.1) is 100 Å². The minimum Gasteiger partial charge on any atom is -0.515 e. The molecule has 8 heteroatoms. The third-order valence-electron chi connectivity index (χ3n) is 14.2. The molecular formula is C64H48IrN5OPt. The minimum atomic E-state index is -0.188. The number of hydrogen-bond acceptors (Lipinski definition) is 6. The predicted octanol–water partition coefficient (Wildman–Crippen LogP) is 14.6. The standard InChI is InChI=1S/C64H48N5O.Ir.Pt/c1-63(52-30-27-48(28-31-52)59-19-6-9-36-66-59)33-12-34-64(63,2)53-41-46(22-21-45-23-25-47(26-24-45)58-18-5-8-35-65-58)40-51(42-53)55-16-3-4-17-56(55)57-32-29-50(62-68-38-13-39-69-62)44-61(57)70-54-15-11-14-49(43-54)60-20-7-10-37-67-60;;/h3-11,13-20,23-25,27,30-32,35-42H,12,21-22,33-34H2,1-2H3;;/q-5;+3;+2. The molecule has 6 nitrogen and oxygen atoms in total. The van der Waals surface area contributed by atoms with Gasteiger partial charge >= 0.3 is 41.2 Å². The van der Waals surface area contributed by atoms with Gasteiger partial charge in [-0.2, -0.15) is 0 Å². The average Bonchev–Trinajstić information content (AvgIpc) is 3.76. The van der Waals surface area contributed by atoms with E-state index in [-0.39, 0.29) is 52.0 Å². The normalized spacial score (nSPS) is 16.0. The van der Waals surface area contributed by atoms with Crippen LogP contribution in [0.3, 0.4) is 0 Å². The summed E-state index contributed by atoms with van der Waals surface area (Å²) in [5.74, 6) is 1.57. The van der Waals surface area contributed by atoms with E-state index in [0.717, 1.165) is 88.1 Å². The molecule has 10 aromatic rings. The van der Waals surface area contributed by atoms with Gasteiger partial charge < -0.3 is 29.7 Å². The van der Waals surface area contributed by atoms with Crippen LogP contribution in [0.5, 0.6) is 11.5 Å². The smallest absolute Gasteiger partial charge is 0.515 e. The van der Waals surface area contributed by atoms with E-state index < -0.39 is 0 Å². The summed E-state index contributed by atoms with van der Waals surface area (Å²) in [4.78, 5) is 22.8. The number of rotatable bonds is 13. The fourth-order valence-corrected chi connectivity index (χ4v) is 10.1. The van der Waals surface area contributed by atoms with Crippen LogP contribution in [0.15, 0.2) is 195 Å². The molecule has 1 aliphatic rings. The van der Waals surface area contributed by atoms with Gasteiger partial charge in [0.05, 0.1) is 0 Å². The molecule has 0 bridgehead atoms. The summed E-state index contributed by atoms with van der Waals surface area (Å²) in [7, 11) is 0. The van der Waals surface area contributed by atoms with Crippen molar-refractivity contribution in [3.8, 4) is 78.9 Å². The van der Waals surface area contributed by atoms with Gasteiger partial charge in [0.1, 0.15) is 0 Å². The van der Waals surface area contributed by atoms with E-state index in [1.165, 1.54) is 22.3 Å². The van der Waals surface area contributed by atoms with Crippen LogP contribution in [-0.2, 0) is 64.8 Å². The van der Waals surface area contributed by atoms with Crippen LogP contribution in [0.25, 0.3) is 67.4 Å². The van der Waals surface area contributed by atoms with Gasteiger partial charge in [0.15, 0.2) is 0 Å². The Hall–Kier alpha value is -7.01. The van der Waals surface area contributed by atoms with Crippen molar-refractivity contribution in [3.05, 3.63) is 247 Å². The zero-order valence-electron chi connectivity index (χ0n) is 39.8. The van der Waals surface area contributed by atoms with Gasteiger partial charge in [-0.05, 0) is 98.8 Å². The van der Waals surface area contributed by atoms with Gasteiger partial charge in [-0.3, -0.25) is 6.07 Å². The topological polar surface area (TPSA) is 73.7 Å². The fourth-order valence-electron chi connectivity index (χ4n) is 10.1. The Morgan fingerprint density at radius 1 is 0.486 bits per heavy atom. The van der Waals surface area contributed by atoms with Gasteiger partial charge in [-0.25, -0.2) is 17.7 Å². The van der Waals surface area contributed by atoms with Crippen LogP contribution in [0.4, 0.5) is 0 Å². The van der Waals surface area contributed by atoms with Gasteiger partial charge in [0.2, 0.25) is 0 Å². The Morgan fingerprint density at radius 3 is 1.74 bits per heavy atom. The number of aromatic nitrogens is 5. The van der Waals surface area contributed by atoms with Crippen molar-refractivity contribution in [3.63, 3.8) is 0 Å². The van der Waals surface area contributed by atoms with Gasteiger partial charge in [0, 0.05) is 36.7 Å². The van der Waals surface area contributed by atoms with Gasteiger partial charge in [0.25, 0.3) is 0 Å². The van der Waals surface area contributed by atoms with Crippen molar-refractivity contribution in [1.82, 2.24) is 24.9 Å². The Labute approximate surface area is 450 Å². The molecule has 1 fully saturated rings. The van der Waals surface area contributed by atoms with E-state index in [0.29, 0.717) is 22.9 Å². The van der Waals surface area contributed by atoms with Crippen molar-refractivity contribution >= 4 is 0 Å². The molecule has 0 saturated heterocycles. The third kappa shape index (κ3) is 10.3. The first-order valence-corrected chi connectivity index (χ1v) is 23.9. The molecule has 1 saturated carbocycles. The Morgan fingerprint density at radius 2 is 1.10 bits per heavy atom. The molecule has 2 unspecified atom stereocenters. The molecule has 6 aromatic carbocycles. The van der Waals surface area contributed by atoms with Crippen LogP contribution in [-0.4, -0.2) is 24.9 Å². The molecule has 11 rings (SSSR count).